The Morgan fingerprint density at radius 1 is 1.27 bits per heavy atom. The van der Waals surface area contributed by atoms with Gasteiger partial charge in [0.15, 0.2) is 0 Å². The quantitative estimate of drug-likeness (QED) is 0.694. The normalized spacial score (nSPS) is 13.6. The summed E-state index contributed by atoms with van der Waals surface area (Å²) in [6.45, 7) is 6.09. The van der Waals surface area contributed by atoms with Crippen LogP contribution in [-0.4, -0.2) is 24.1 Å². The number of benzene rings is 1. The summed E-state index contributed by atoms with van der Waals surface area (Å²) in [5.41, 5.74) is 6.07. The molecule has 22 heavy (non-hydrogen) atoms. The van der Waals surface area contributed by atoms with Crippen LogP contribution in [0.5, 0.6) is 0 Å². The van der Waals surface area contributed by atoms with E-state index in [0.717, 1.165) is 30.6 Å². The van der Waals surface area contributed by atoms with Crippen LogP contribution in [0.3, 0.4) is 0 Å². The second-order valence-electron chi connectivity index (χ2n) is 6.06. The summed E-state index contributed by atoms with van der Waals surface area (Å²) in [6, 6.07) is 3.52. The number of hydrogen-bond acceptors (Lipinski definition) is 4. The molecule has 0 saturated carbocycles. The molecule has 0 atom stereocenters. The molecule has 0 fully saturated rings. The Kier molecular flexibility index (Phi) is 4.81. The lowest BCUT2D eigenvalue weighted by Gasteiger charge is -2.22. The summed E-state index contributed by atoms with van der Waals surface area (Å²) in [5, 5.41) is 3.58. The van der Waals surface area contributed by atoms with E-state index < -0.39 is 17.6 Å². The topological polar surface area (TPSA) is 79.5 Å². The zero-order chi connectivity index (χ0) is 16.3. The van der Waals surface area contributed by atoms with E-state index in [1.165, 1.54) is 0 Å². The van der Waals surface area contributed by atoms with Crippen molar-refractivity contribution in [2.24, 2.45) is 0 Å². The van der Waals surface area contributed by atoms with Gasteiger partial charge < -0.3 is 10.1 Å². The van der Waals surface area contributed by atoms with Crippen molar-refractivity contribution >= 4 is 29.3 Å². The van der Waals surface area contributed by atoms with Crippen molar-refractivity contribution < 1.29 is 14.3 Å². The number of carbonyl (C=O) groups excluding carboxylic acids is 2. The third kappa shape index (κ3) is 4.04. The fourth-order valence-electron chi connectivity index (χ4n) is 2.25. The zero-order valence-corrected chi connectivity index (χ0v) is 13.6. The highest BCUT2D eigenvalue weighted by molar-refractivity contribution is 6.34. The summed E-state index contributed by atoms with van der Waals surface area (Å²) in [5.74, 6) is -0.462. The van der Waals surface area contributed by atoms with Gasteiger partial charge in [0.25, 0.3) is 5.91 Å². The molecule has 0 bridgehead atoms. The molecule has 1 aliphatic rings. The van der Waals surface area contributed by atoms with Crippen molar-refractivity contribution in [1.82, 2.24) is 10.9 Å². The van der Waals surface area contributed by atoms with Crippen molar-refractivity contribution in [3.8, 4) is 0 Å². The number of ether oxygens (including phenoxy) is 1. The maximum atomic E-state index is 12.3. The number of carbonyl (C=O) groups is 2. The molecule has 6 nitrogen and oxygen atoms in total. The second-order valence-corrected chi connectivity index (χ2v) is 6.47. The van der Waals surface area contributed by atoms with E-state index >= 15 is 0 Å². The smallest absolute Gasteiger partial charge is 0.426 e. The Balaban J connectivity index is 2.09. The molecular formula is C15H20ClN3O3. The first kappa shape index (κ1) is 16.4. The van der Waals surface area contributed by atoms with Gasteiger partial charge >= 0.3 is 6.09 Å². The van der Waals surface area contributed by atoms with E-state index in [4.69, 9.17) is 16.3 Å². The molecule has 1 aromatic rings. The average molecular weight is 326 g/mol. The highest BCUT2D eigenvalue weighted by atomic mass is 35.5. The Hall–Kier alpha value is -1.95. The monoisotopic (exact) mass is 325 g/mol. The first-order valence-electron chi connectivity index (χ1n) is 7.12. The molecule has 0 spiro atoms. The Bertz CT molecular complexity index is 596. The van der Waals surface area contributed by atoms with Gasteiger partial charge in [-0.15, -0.1) is 0 Å². The van der Waals surface area contributed by atoms with Crippen molar-refractivity contribution in [3.05, 3.63) is 28.3 Å². The van der Waals surface area contributed by atoms with E-state index in [2.05, 4.69) is 16.2 Å². The molecule has 2 rings (SSSR count). The molecule has 0 unspecified atom stereocenters. The van der Waals surface area contributed by atoms with Gasteiger partial charge in [0.1, 0.15) is 5.60 Å². The van der Waals surface area contributed by atoms with Crippen LogP contribution in [-0.2, 0) is 11.2 Å². The van der Waals surface area contributed by atoms with Crippen LogP contribution < -0.4 is 16.2 Å². The predicted octanol–water partition coefficient (Wildman–Crippen LogP) is 2.87. The molecule has 120 valence electrons. The third-order valence-electron chi connectivity index (χ3n) is 3.09. The number of anilines is 1. The third-order valence-corrected chi connectivity index (χ3v) is 3.40. The largest absolute Gasteiger partial charge is 0.443 e. The number of nitrogens with one attached hydrogen (secondary N) is 3. The molecule has 1 aromatic carbocycles. The second kappa shape index (κ2) is 6.44. The van der Waals surface area contributed by atoms with E-state index in [0.29, 0.717) is 10.6 Å². The van der Waals surface area contributed by atoms with Crippen LogP contribution in [0.2, 0.25) is 5.02 Å². The molecule has 2 amide bonds. The van der Waals surface area contributed by atoms with Crippen molar-refractivity contribution in [1.29, 1.82) is 0 Å². The van der Waals surface area contributed by atoms with Gasteiger partial charge in [-0.25, -0.2) is 10.2 Å². The van der Waals surface area contributed by atoms with Crippen LogP contribution >= 0.6 is 11.6 Å². The number of hydrazine groups is 1. The summed E-state index contributed by atoms with van der Waals surface area (Å²) >= 11 is 6.15. The minimum absolute atomic E-state index is 0.353. The van der Waals surface area contributed by atoms with E-state index in [1.54, 1.807) is 26.8 Å². The van der Waals surface area contributed by atoms with Crippen LogP contribution in [0.25, 0.3) is 0 Å². The summed E-state index contributed by atoms with van der Waals surface area (Å²) in [4.78, 5) is 23.9. The fourth-order valence-corrected chi connectivity index (χ4v) is 2.52. The van der Waals surface area contributed by atoms with Gasteiger partial charge in [-0.1, -0.05) is 11.6 Å². The van der Waals surface area contributed by atoms with Crippen molar-refractivity contribution in [2.45, 2.75) is 39.2 Å². The van der Waals surface area contributed by atoms with Gasteiger partial charge in [0.2, 0.25) is 0 Å². The average Bonchev–Trinajstić information content (AvgIpc) is 2.43. The highest BCUT2D eigenvalue weighted by Crippen LogP contribution is 2.30. The van der Waals surface area contributed by atoms with Crippen molar-refractivity contribution in [3.63, 3.8) is 0 Å². The summed E-state index contributed by atoms with van der Waals surface area (Å²) in [7, 11) is 0. The molecule has 1 aliphatic heterocycles. The molecule has 1 heterocycles. The van der Waals surface area contributed by atoms with E-state index in [1.807, 2.05) is 6.07 Å². The first-order chi connectivity index (χ1) is 10.3. The van der Waals surface area contributed by atoms with Gasteiger partial charge in [0, 0.05) is 12.2 Å². The fraction of sp³-hybridized carbons (Fsp3) is 0.467. The van der Waals surface area contributed by atoms with Gasteiger partial charge in [-0.2, -0.15) is 0 Å². The Morgan fingerprint density at radius 3 is 2.68 bits per heavy atom. The summed E-state index contributed by atoms with van der Waals surface area (Å²) < 4.78 is 5.06. The summed E-state index contributed by atoms with van der Waals surface area (Å²) in [6.07, 6.45) is 0.963. The SMILES string of the molecule is CC(C)(C)OC(=O)NNC(=O)c1c(Cl)ccc2c1CCCN2. The lowest BCUT2D eigenvalue weighted by atomic mass is 9.97. The van der Waals surface area contributed by atoms with Crippen LogP contribution in [0.4, 0.5) is 10.5 Å². The lowest BCUT2D eigenvalue weighted by molar-refractivity contribution is 0.0483. The molecule has 7 heteroatoms. The molecule has 0 radical (unpaired) electrons. The highest BCUT2D eigenvalue weighted by Gasteiger charge is 2.22. The molecular weight excluding hydrogens is 306 g/mol. The maximum Gasteiger partial charge on any atom is 0.426 e. The standard InChI is InChI=1S/C15H20ClN3O3/c1-15(2,3)22-14(21)19-18-13(20)12-9-5-4-8-17-11(9)7-6-10(12)16/h6-7,17H,4-5,8H2,1-3H3,(H,18,20)(H,19,21). The Morgan fingerprint density at radius 2 is 2.00 bits per heavy atom. The number of halogens is 1. The van der Waals surface area contributed by atoms with E-state index in [9.17, 15) is 9.59 Å². The van der Waals surface area contributed by atoms with Crippen LogP contribution in [0.15, 0.2) is 12.1 Å². The lowest BCUT2D eigenvalue weighted by Crippen LogP contribution is -2.44. The number of hydrogen-bond donors (Lipinski definition) is 3. The minimum Gasteiger partial charge on any atom is -0.443 e. The van der Waals surface area contributed by atoms with E-state index in [-0.39, 0.29) is 0 Å². The van der Waals surface area contributed by atoms with Gasteiger partial charge in [0.05, 0.1) is 10.6 Å². The number of amides is 2. The van der Waals surface area contributed by atoms with Gasteiger partial charge in [-0.3, -0.25) is 10.2 Å². The first-order valence-corrected chi connectivity index (χ1v) is 7.50. The molecule has 3 N–H and O–H groups in total. The molecule has 0 aliphatic carbocycles. The molecule has 0 aromatic heterocycles. The van der Waals surface area contributed by atoms with Crippen molar-refractivity contribution in [2.75, 3.05) is 11.9 Å². The minimum atomic E-state index is -0.722. The zero-order valence-electron chi connectivity index (χ0n) is 12.9. The maximum absolute atomic E-state index is 12.3. The predicted molar refractivity (Wildman–Crippen MR) is 85.1 cm³/mol. The van der Waals surface area contributed by atoms with Crippen LogP contribution in [0, 0.1) is 0 Å². The van der Waals surface area contributed by atoms with Gasteiger partial charge in [-0.05, 0) is 51.3 Å². The molecule has 0 saturated heterocycles. The number of fused-ring (bicyclic) bond motifs is 1. The Labute approximate surface area is 134 Å². The van der Waals surface area contributed by atoms with Crippen LogP contribution in [0.1, 0.15) is 43.1 Å². The number of rotatable bonds is 1.